The molecule has 12 heteroatoms. The van der Waals surface area contributed by atoms with Gasteiger partial charge in [0.1, 0.15) is 11.0 Å². The molecular weight excluding hydrogens is 580 g/mol. The molecule has 42 heavy (non-hydrogen) atoms. The number of hydrogen-bond acceptors (Lipinski definition) is 9. The number of ether oxygens (including phenoxy) is 1. The van der Waals surface area contributed by atoms with Crippen molar-refractivity contribution in [1.82, 2.24) is 0 Å². The Morgan fingerprint density at radius 3 is 1.81 bits per heavy atom. The SMILES string of the molecule is CCOP(=O)(OCC)C(C[C@]1(c2ccccc2)C(=O)N(C(=O)OC(C)(C)C)c2ccc(C)cc21)P(=O)(OCC)OCC. The number of carbonyl (C=O) groups excluding carboxylic acids is 2. The molecular formula is C30H43NO9P2. The average Bonchev–Trinajstić information content (AvgIpc) is 3.15. The van der Waals surface area contributed by atoms with E-state index in [2.05, 4.69) is 0 Å². The summed E-state index contributed by atoms with van der Waals surface area (Å²) in [7, 11) is -8.51. The number of imide groups is 1. The highest BCUT2D eigenvalue weighted by Crippen LogP contribution is 2.73. The van der Waals surface area contributed by atoms with E-state index in [1.807, 2.05) is 6.92 Å². The summed E-state index contributed by atoms with van der Waals surface area (Å²) in [4.78, 5) is 29.4. The molecule has 10 nitrogen and oxygen atoms in total. The summed E-state index contributed by atoms with van der Waals surface area (Å²) < 4.78 is 57.7. The molecule has 0 saturated carbocycles. The molecule has 0 aliphatic carbocycles. The Kier molecular flexibility index (Phi) is 11.0. The summed E-state index contributed by atoms with van der Waals surface area (Å²) in [6.45, 7) is 13.5. The highest BCUT2D eigenvalue weighted by molar-refractivity contribution is 7.72. The van der Waals surface area contributed by atoms with Crippen LogP contribution in [0.15, 0.2) is 48.5 Å². The summed E-state index contributed by atoms with van der Waals surface area (Å²) in [5.74, 6) is -0.646. The molecule has 1 heterocycles. The van der Waals surface area contributed by atoms with E-state index >= 15 is 0 Å². The number of hydrogen-bond donors (Lipinski definition) is 0. The van der Waals surface area contributed by atoms with Gasteiger partial charge in [0.25, 0.3) is 5.91 Å². The minimum atomic E-state index is -4.25. The van der Waals surface area contributed by atoms with E-state index < -0.39 is 43.6 Å². The molecule has 0 fully saturated rings. The highest BCUT2D eigenvalue weighted by atomic mass is 31.2. The van der Waals surface area contributed by atoms with Gasteiger partial charge in [-0.05, 0) is 79.0 Å². The fourth-order valence-corrected chi connectivity index (χ4v) is 10.7. The van der Waals surface area contributed by atoms with Gasteiger partial charge in [-0.1, -0.05) is 48.0 Å². The van der Waals surface area contributed by atoms with Crippen molar-refractivity contribution in [2.75, 3.05) is 31.3 Å². The van der Waals surface area contributed by atoms with Gasteiger partial charge in [-0.25, -0.2) is 9.69 Å². The molecule has 1 atom stereocenters. The zero-order chi connectivity index (χ0) is 31.3. The summed E-state index contributed by atoms with van der Waals surface area (Å²) in [5, 5.41) is -1.51. The van der Waals surface area contributed by atoms with Crippen molar-refractivity contribution in [3.05, 3.63) is 65.2 Å². The van der Waals surface area contributed by atoms with E-state index in [1.54, 1.807) is 97.0 Å². The van der Waals surface area contributed by atoms with E-state index in [1.165, 1.54) is 0 Å². The first-order valence-electron chi connectivity index (χ1n) is 14.2. The lowest BCUT2D eigenvalue weighted by Gasteiger charge is -2.37. The van der Waals surface area contributed by atoms with Gasteiger partial charge >= 0.3 is 21.3 Å². The molecule has 0 bridgehead atoms. The van der Waals surface area contributed by atoms with Gasteiger partial charge < -0.3 is 22.8 Å². The number of anilines is 1. The van der Waals surface area contributed by atoms with Crippen molar-refractivity contribution >= 4 is 32.9 Å². The molecule has 0 unspecified atom stereocenters. The predicted molar refractivity (Wildman–Crippen MR) is 162 cm³/mol. The van der Waals surface area contributed by atoms with Crippen LogP contribution in [0, 0.1) is 6.92 Å². The first kappa shape index (κ1) is 34.2. The van der Waals surface area contributed by atoms with Gasteiger partial charge in [-0.2, -0.15) is 0 Å². The average molecular weight is 624 g/mol. The van der Waals surface area contributed by atoms with Crippen LogP contribution in [0.2, 0.25) is 0 Å². The lowest BCUT2D eigenvalue weighted by molar-refractivity contribution is -0.121. The van der Waals surface area contributed by atoms with Gasteiger partial charge in [0, 0.05) is 0 Å². The van der Waals surface area contributed by atoms with Crippen LogP contribution >= 0.6 is 15.2 Å². The van der Waals surface area contributed by atoms with Crippen LogP contribution in [0.25, 0.3) is 0 Å². The minimum Gasteiger partial charge on any atom is -0.443 e. The van der Waals surface area contributed by atoms with Crippen molar-refractivity contribution < 1.29 is 41.6 Å². The van der Waals surface area contributed by atoms with Crippen LogP contribution in [0.4, 0.5) is 10.5 Å². The molecule has 1 aliphatic rings. The molecule has 0 spiro atoms. The van der Waals surface area contributed by atoms with Crippen LogP contribution in [-0.4, -0.2) is 49.4 Å². The summed E-state index contributed by atoms with van der Waals surface area (Å²) in [5.41, 5.74) is -0.446. The number of fused-ring (bicyclic) bond motifs is 1. The Morgan fingerprint density at radius 2 is 1.36 bits per heavy atom. The van der Waals surface area contributed by atoms with E-state index in [0.717, 1.165) is 10.5 Å². The van der Waals surface area contributed by atoms with Crippen LogP contribution in [-0.2, 0) is 42.2 Å². The monoisotopic (exact) mass is 623 g/mol. The zero-order valence-corrected chi connectivity index (χ0v) is 27.5. The van der Waals surface area contributed by atoms with Gasteiger partial charge in [0.05, 0.1) is 32.1 Å². The molecule has 232 valence electrons. The molecule has 1 aliphatic heterocycles. The number of amides is 2. The number of aryl methyl sites for hydroxylation is 1. The Bertz CT molecular complexity index is 1310. The highest BCUT2D eigenvalue weighted by Gasteiger charge is 2.62. The Morgan fingerprint density at radius 1 is 0.857 bits per heavy atom. The molecule has 0 aromatic heterocycles. The third kappa shape index (κ3) is 6.75. The molecule has 0 N–H and O–H groups in total. The number of rotatable bonds is 13. The van der Waals surface area contributed by atoms with Crippen molar-refractivity contribution in [3.8, 4) is 0 Å². The predicted octanol–water partition coefficient (Wildman–Crippen LogP) is 7.81. The summed E-state index contributed by atoms with van der Waals surface area (Å²) in [6, 6.07) is 14.1. The Labute approximate surface area is 249 Å². The zero-order valence-electron chi connectivity index (χ0n) is 25.7. The van der Waals surface area contributed by atoms with Gasteiger partial charge in [0.15, 0.2) is 5.40 Å². The third-order valence-electron chi connectivity index (χ3n) is 6.72. The van der Waals surface area contributed by atoms with Crippen LogP contribution in [0.1, 0.15) is 71.6 Å². The number of nitrogens with zero attached hydrogens (tertiary/aromatic N) is 1. The van der Waals surface area contributed by atoms with E-state index in [-0.39, 0.29) is 32.8 Å². The summed E-state index contributed by atoms with van der Waals surface area (Å²) >= 11 is 0. The second-order valence-corrected chi connectivity index (χ2v) is 15.7. The first-order valence-corrected chi connectivity index (χ1v) is 17.5. The van der Waals surface area contributed by atoms with Crippen LogP contribution < -0.4 is 4.90 Å². The maximum atomic E-state index is 14.8. The Balaban J connectivity index is 2.42. The fraction of sp³-hybridized carbons (Fsp3) is 0.533. The largest absolute Gasteiger partial charge is 0.443 e. The molecule has 0 radical (unpaired) electrons. The van der Waals surface area contributed by atoms with Gasteiger partial charge in [0.2, 0.25) is 0 Å². The number of carbonyl (C=O) groups is 2. The van der Waals surface area contributed by atoms with Crippen LogP contribution in [0.5, 0.6) is 0 Å². The fourth-order valence-electron chi connectivity index (χ4n) is 5.22. The smallest absolute Gasteiger partial charge is 0.421 e. The molecule has 3 rings (SSSR count). The van der Waals surface area contributed by atoms with Gasteiger partial charge in [-0.15, -0.1) is 0 Å². The van der Waals surface area contributed by atoms with Gasteiger partial charge in [-0.3, -0.25) is 13.9 Å². The second kappa shape index (κ2) is 13.5. The van der Waals surface area contributed by atoms with E-state index in [4.69, 9.17) is 22.8 Å². The minimum absolute atomic E-state index is 0.0158. The molecule has 0 saturated heterocycles. The molecule has 2 amide bonds. The normalized spacial score (nSPS) is 17.5. The third-order valence-corrected chi connectivity index (χ3v) is 12.7. The lowest BCUT2D eigenvalue weighted by atomic mass is 9.73. The van der Waals surface area contributed by atoms with E-state index in [0.29, 0.717) is 16.8 Å². The molecule has 2 aromatic rings. The first-order chi connectivity index (χ1) is 19.7. The lowest BCUT2D eigenvalue weighted by Crippen LogP contribution is -2.47. The van der Waals surface area contributed by atoms with E-state index in [9.17, 15) is 18.7 Å². The standard InChI is InChI=1S/C30H43NO9P2/c1-9-36-41(34,37-10-2)26(42(35,38-11-3)39-12-4)21-30(23-16-14-13-15-17-23)24-20-22(5)18-19-25(24)31(27(30)32)28(33)40-29(6,7)8/h13-20,26H,9-12,21H2,1-8H3/t30-/m1/s1. The molecule has 2 aromatic carbocycles. The Hall–Kier alpha value is -2.32. The maximum absolute atomic E-state index is 14.8. The maximum Gasteiger partial charge on any atom is 0.421 e. The van der Waals surface area contributed by atoms with Crippen molar-refractivity contribution in [3.63, 3.8) is 0 Å². The second-order valence-electron chi connectivity index (χ2n) is 10.8. The van der Waals surface area contributed by atoms with Crippen molar-refractivity contribution in [2.24, 2.45) is 0 Å². The van der Waals surface area contributed by atoms with Crippen molar-refractivity contribution in [2.45, 2.75) is 78.2 Å². The number of benzene rings is 2. The van der Waals surface area contributed by atoms with Crippen LogP contribution in [0.3, 0.4) is 0 Å². The topological polar surface area (TPSA) is 118 Å². The van der Waals surface area contributed by atoms with Crippen molar-refractivity contribution in [1.29, 1.82) is 0 Å². The summed E-state index contributed by atoms with van der Waals surface area (Å²) in [6.07, 6.45) is -1.22. The quantitative estimate of drug-likeness (QED) is 0.206.